The van der Waals surface area contributed by atoms with E-state index in [0.717, 1.165) is 23.5 Å². The van der Waals surface area contributed by atoms with Crippen molar-refractivity contribution in [2.24, 2.45) is 0 Å². The molecule has 0 aliphatic heterocycles. The van der Waals surface area contributed by atoms with Crippen LogP contribution in [0, 0.1) is 6.92 Å². The molecule has 0 spiro atoms. The molecule has 1 N–H and O–H groups in total. The summed E-state index contributed by atoms with van der Waals surface area (Å²) in [4.78, 5) is 28.3. The Bertz CT molecular complexity index is 725. The van der Waals surface area contributed by atoms with Crippen LogP contribution in [-0.2, 0) is 16.0 Å². The first-order chi connectivity index (χ1) is 12.0. The van der Waals surface area contributed by atoms with Crippen molar-refractivity contribution in [3.05, 3.63) is 40.4 Å². The maximum atomic E-state index is 12.0. The Kier molecular flexibility index (Phi) is 6.94. The van der Waals surface area contributed by atoms with E-state index in [1.54, 1.807) is 13.8 Å². The maximum Gasteiger partial charge on any atom is 0.350 e. The van der Waals surface area contributed by atoms with Crippen LogP contribution in [0.1, 0.15) is 41.2 Å². The zero-order valence-corrected chi connectivity index (χ0v) is 15.4. The van der Waals surface area contributed by atoms with Gasteiger partial charge in [-0.15, -0.1) is 0 Å². The Morgan fingerprint density at radius 2 is 1.92 bits per heavy atom. The fourth-order valence-electron chi connectivity index (χ4n) is 2.10. The van der Waals surface area contributed by atoms with E-state index in [9.17, 15) is 9.59 Å². The third kappa shape index (κ3) is 5.56. The molecule has 0 saturated heterocycles. The van der Waals surface area contributed by atoms with Gasteiger partial charge in [-0.3, -0.25) is 4.79 Å². The molecule has 1 amide bonds. The lowest BCUT2D eigenvalue weighted by Crippen LogP contribution is -2.15. The lowest BCUT2D eigenvalue weighted by molar-refractivity contribution is -0.116. The molecule has 2 aromatic rings. The van der Waals surface area contributed by atoms with Crippen LogP contribution in [0.4, 0.5) is 5.13 Å². The van der Waals surface area contributed by atoms with Crippen molar-refractivity contribution in [3.63, 3.8) is 0 Å². The zero-order valence-electron chi connectivity index (χ0n) is 14.6. The van der Waals surface area contributed by atoms with E-state index in [2.05, 4.69) is 17.2 Å². The molecule has 7 heteroatoms. The Morgan fingerprint density at radius 1 is 1.20 bits per heavy atom. The van der Waals surface area contributed by atoms with Gasteiger partial charge in [-0.1, -0.05) is 30.4 Å². The van der Waals surface area contributed by atoms with Crippen LogP contribution in [-0.4, -0.2) is 30.1 Å². The second-order valence-electron chi connectivity index (χ2n) is 5.30. The summed E-state index contributed by atoms with van der Waals surface area (Å²) in [6.45, 7) is 6.11. The molecule has 25 heavy (non-hydrogen) atoms. The van der Waals surface area contributed by atoms with Gasteiger partial charge in [0.2, 0.25) is 5.91 Å². The van der Waals surface area contributed by atoms with E-state index in [0.29, 0.717) is 22.3 Å². The Balaban J connectivity index is 1.81. The number of hydrogen-bond acceptors (Lipinski definition) is 6. The number of benzene rings is 1. The second-order valence-corrected chi connectivity index (χ2v) is 6.30. The average molecular weight is 362 g/mol. The van der Waals surface area contributed by atoms with Crippen LogP contribution >= 0.6 is 11.3 Å². The molecule has 1 aromatic carbocycles. The standard InChI is InChI=1S/C18H22N2O4S/c1-4-13-6-8-14(9-7-13)24-11-10-15(21)20-18-19-12(3)16(25-18)17(22)23-5-2/h6-9H,4-5,10-11H2,1-3H3,(H,19,20,21). The van der Waals surface area contributed by atoms with Gasteiger partial charge in [-0.05, 0) is 38.0 Å². The predicted octanol–water partition coefficient (Wildman–Crippen LogP) is 3.60. The van der Waals surface area contributed by atoms with Crippen molar-refractivity contribution in [2.45, 2.75) is 33.6 Å². The normalized spacial score (nSPS) is 10.4. The van der Waals surface area contributed by atoms with Crippen LogP contribution in [0.3, 0.4) is 0 Å². The molecule has 0 radical (unpaired) electrons. The number of esters is 1. The van der Waals surface area contributed by atoms with Crippen molar-refractivity contribution in [1.82, 2.24) is 4.98 Å². The highest BCUT2D eigenvalue weighted by molar-refractivity contribution is 7.17. The largest absolute Gasteiger partial charge is 0.493 e. The molecular weight excluding hydrogens is 340 g/mol. The molecule has 1 heterocycles. The van der Waals surface area contributed by atoms with Gasteiger partial charge in [0.1, 0.15) is 10.6 Å². The second kappa shape index (κ2) is 9.17. The minimum atomic E-state index is -0.420. The third-order valence-corrected chi connectivity index (χ3v) is 4.49. The summed E-state index contributed by atoms with van der Waals surface area (Å²) in [5.41, 5.74) is 1.78. The quantitative estimate of drug-likeness (QED) is 0.726. The predicted molar refractivity (Wildman–Crippen MR) is 97.4 cm³/mol. The van der Waals surface area contributed by atoms with Gasteiger partial charge < -0.3 is 14.8 Å². The van der Waals surface area contributed by atoms with Gasteiger partial charge in [0.05, 0.1) is 25.3 Å². The van der Waals surface area contributed by atoms with Crippen LogP contribution in [0.15, 0.2) is 24.3 Å². The van der Waals surface area contributed by atoms with E-state index in [-0.39, 0.29) is 18.9 Å². The zero-order chi connectivity index (χ0) is 18.2. The number of aryl methyl sites for hydroxylation is 2. The highest BCUT2D eigenvalue weighted by Gasteiger charge is 2.17. The number of nitrogens with one attached hydrogen (secondary N) is 1. The molecule has 0 atom stereocenters. The average Bonchev–Trinajstić information content (AvgIpc) is 2.96. The van der Waals surface area contributed by atoms with Crippen LogP contribution in [0.5, 0.6) is 5.75 Å². The van der Waals surface area contributed by atoms with Crippen molar-refractivity contribution in [2.75, 3.05) is 18.5 Å². The molecule has 0 aliphatic carbocycles. The lowest BCUT2D eigenvalue weighted by Gasteiger charge is -2.06. The van der Waals surface area contributed by atoms with E-state index in [1.165, 1.54) is 5.56 Å². The Morgan fingerprint density at radius 3 is 2.56 bits per heavy atom. The number of carbonyl (C=O) groups is 2. The number of amides is 1. The Hall–Kier alpha value is -2.41. The molecule has 6 nitrogen and oxygen atoms in total. The summed E-state index contributed by atoms with van der Waals surface area (Å²) in [5.74, 6) is 0.103. The molecule has 0 bridgehead atoms. The SMILES string of the molecule is CCOC(=O)c1sc(NC(=O)CCOc2ccc(CC)cc2)nc1C. The molecule has 0 unspecified atom stereocenters. The van der Waals surface area contributed by atoms with Gasteiger partial charge in [0.15, 0.2) is 5.13 Å². The maximum absolute atomic E-state index is 12.0. The van der Waals surface area contributed by atoms with E-state index >= 15 is 0 Å². The number of anilines is 1. The fourth-order valence-corrected chi connectivity index (χ4v) is 2.98. The van der Waals surface area contributed by atoms with Crippen LogP contribution < -0.4 is 10.1 Å². The van der Waals surface area contributed by atoms with E-state index in [1.807, 2.05) is 24.3 Å². The number of hydrogen-bond donors (Lipinski definition) is 1. The number of carbonyl (C=O) groups excluding carboxylic acids is 2. The summed E-state index contributed by atoms with van der Waals surface area (Å²) < 4.78 is 10.5. The van der Waals surface area contributed by atoms with Crippen molar-refractivity contribution in [3.8, 4) is 5.75 Å². The highest BCUT2D eigenvalue weighted by Crippen LogP contribution is 2.23. The number of nitrogens with zero attached hydrogens (tertiary/aromatic N) is 1. The lowest BCUT2D eigenvalue weighted by atomic mass is 10.2. The summed E-state index contributed by atoms with van der Waals surface area (Å²) in [6, 6.07) is 7.80. The summed E-state index contributed by atoms with van der Waals surface area (Å²) in [5, 5.41) is 3.07. The van der Waals surface area contributed by atoms with Gasteiger partial charge in [0, 0.05) is 0 Å². The minimum absolute atomic E-state index is 0.197. The van der Waals surface area contributed by atoms with Crippen molar-refractivity contribution < 1.29 is 19.1 Å². The number of thiazole rings is 1. The molecule has 2 rings (SSSR count). The summed E-state index contributed by atoms with van der Waals surface area (Å²) in [6.07, 6.45) is 1.17. The van der Waals surface area contributed by atoms with Crippen LogP contribution in [0.2, 0.25) is 0 Å². The third-order valence-electron chi connectivity index (χ3n) is 3.43. The number of aromatic nitrogens is 1. The molecule has 0 fully saturated rings. The first-order valence-electron chi connectivity index (χ1n) is 8.19. The first kappa shape index (κ1) is 18.9. The monoisotopic (exact) mass is 362 g/mol. The van der Waals surface area contributed by atoms with Gasteiger partial charge in [-0.2, -0.15) is 0 Å². The molecule has 134 valence electrons. The smallest absolute Gasteiger partial charge is 0.350 e. The minimum Gasteiger partial charge on any atom is -0.493 e. The highest BCUT2D eigenvalue weighted by atomic mass is 32.1. The molecule has 0 aliphatic rings. The van der Waals surface area contributed by atoms with E-state index in [4.69, 9.17) is 9.47 Å². The van der Waals surface area contributed by atoms with E-state index < -0.39 is 5.97 Å². The fraction of sp³-hybridized carbons (Fsp3) is 0.389. The number of rotatable bonds is 8. The van der Waals surface area contributed by atoms with Crippen molar-refractivity contribution in [1.29, 1.82) is 0 Å². The summed E-state index contributed by atoms with van der Waals surface area (Å²) in [7, 11) is 0. The molecule has 0 saturated carbocycles. The number of ether oxygens (including phenoxy) is 2. The van der Waals surface area contributed by atoms with Gasteiger partial charge >= 0.3 is 5.97 Å². The van der Waals surface area contributed by atoms with Crippen molar-refractivity contribution >= 4 is 28.3 Å². The molecular formula is C18H22N2O4S. The summed E-state index contributed by atoms with van der Waals surface area (Å²) >= 11 is 1.11. The van der Waals surface area contributed by atoms with Gasteiger partial charge in [0.25, 0.3) is 0 Å². The van der Waals surface area contributed by atoms with Gasteiger partial charge in [-0.25, -0.2) is 9.78 Å². The van der Waals surface area contributed by atoms with Crippen LogP contribution in [0.25, 0.3) is 0 Å². The Labute approximate surface area is 151 Å². The topological polar surface area (TPSA) is 77.5 Å². The molecule has 1 aromatic heterocycles. The first-order valence-corrected chi connectivity index (χ1v) is 9.01.